The molecule has 0 atom stereocenters. The molecule has 0 saturated heterocycles. The van der Waals surface area contributed by atoms with Crippen molar-refractivity contribution in [2.45, 2.75) is 64.2 Å². The Labute approximate surface area is 408 Å². The van der Waals surface area contributed by atoms with Gasteiger partial charge in [0, 0.05) is 0 Å². The average Bonchev–Trinajstić information content (AvgIpc) is 4.05. The van der Waals surface area contributed by atoms with E-state index < -0.39 is 0 Å². The van der Waals surface area contributed by atoms with Crippen molar-refractivity contribution in [1.82, 2.24) is 0 Å². The van der Waals surface area contributed by atoms with Crippen LogP contribution in [-0.2, 0) is 35.1 Å². The maximum absolute atomic E-state index is 2.45. The minimum Gasteiger partial charge on any atom is -0.214 e. The van der Waals surface area contributed by atoms with Crippen molar-refractivity contribution in [2.24, 2.45) is 0 Å². The summed E-state index contributed by atoms with van der Waals surface area (Å²) in [4.78, 5) is 0. The Morgan fingerprint density at radius 2 is 0.667 bits per heavy atom. The van der Waals surface area contributed by atoms with Crippen molar-refractivity contribution < 1.29 is 24.2 Å². The van der Waals surface area contributed by atoms with Crippen molar-refractivity contribution in [3.63, 3.8) is 0 Å². The molecule has 0 aliphatic carbocycles. The van der Waals surface area contributed by atoms with Crippen molar-refractivity contribution in [2.75, 3.05) is 0 Å². The Hall–Kier alpha value is -6.27. The third-order valence-corrected chi connectivity index (χ3v) is 13.9. The molecule has 0 amide bonds. The molecule has 0 aromatic heterocycles. The topological polar surface area (TPSA) is 0 Å². The van der Waals surface area contributed by atoms with E-state index in [0.29, 0.717) is 0 Å². The molecule has 0 nitrogen and oxygen atoms in total. The normalized spacial score (nSPS) is 11.5. The van der Waals surface area contributed by atoms with Gasteiger partial charge in [-0.15, -0.1) is 39.7 Å². The molecule has 1 heteroatoms. The van der Waals surface area contributed by atoms with E-state index in [4.69, 9.17) is 0 Å². The van der Waals surface area contributed by atoms with Crippen LogP contribution in [0.15, 0.2) is 243 Å². The van der Waals surface area contributed by atoms with Gasteiger partial charge in [-0.3, -0.25) is 0 Å². The van der Waals surface area contributed by atoms with Gasteiger partial charge in [0.2, 0.25) is 0 Å². The maximum Gasteiger partial charge on any atom is -0.172 e. The van der Waals surface area contributed by atoms with Gasteiger partial charge in [0.05, 0.1) is 0 Å². The van der Waals surface area contributed by atoms with Crippen LogP contribution in [0.4, 0.5) is 0 Å². The predicted molar refractivity (Wildman–Crippen MR) is 282 cm³/mol. The predicted octanol–water partition coefficient (Wildman–Crippen LogP) is 17.4. The SMILES string of the molecule is CC(C)(C)c1cc2c(cc1-c1ccccc1)[cH-]c1cc(-c3ccccc3)c(C(C)(C)C)cc12.[Zr+2]=[C](C(c1ccccc1)c1ccccc1)C(c1ccccc1)c1ccccc1.c1cc[cH-]c1. The van der Waals surface area contributed by atoms with E-state index in [-0.39, 0.29) is 22.7 Å². The van der Waals surface area contributed by atoms with E-state index in [1.54, 1.807) is 0 Å². The van der Waals surface area contributed by atoms with Gasteiger partial charge in [0.1, 0.15) is 0 Å². The average molecular weight is 932 g/mol. The van der Waals surface area contributed by atoms with Crippen LogP contribution in [0.25, 0.3) is 43.8 Å². The number of hydrogen-bond donors (Lipinski definition) is 0. The molecule has 324 valence electrons. The zero-order valence-corrected chi connectivity index (χ0v) is 41.7. The summed E-state index contributed by atoms with van der Waals surface area (Å²) in [5, 5.41) is 5.36. The standard InChI is InChI=1S/C33H33.C27H22.C5H5.Zr/c1-32(2,3)30-20-26-24(18-28(30)22-13-9-7-10-14-22)17-25-19-29(23-15-11-8-12-16-23)31(21-27(25)26)33(4,5)6;1-5-13-22(14-6-1)26(23-15-7-2-8-16-23)21-27(24-17-9-3-10-18-24)25-19-11-4-12-20-25;1-2-4-5-3-1;/h7-21H,1-6H3;1-20,26-27H;1-5H;/q-1;;-1;+2. The Morgan fingerprint density at radius 1 is 0.379 bits per heavy atom. The monoisotopic (exact) mass is 930 g/mol. The van der Waals surface area contributed by atoms with Crippen molar-refractivity contribution in [1.29, 1.82) is 0 Å². The van der Waals surface area contributed by atoms with Crippen molar-refractivity contribution in [3.8, 4) is 22.3 Å². The number of fused-ring (bicyclic) bond motifs is 3. The van der Waals surface area contributed by atoms with Gasteiger partial charge in [0.25, 0.3) is 0 Å². The van der Waals surface area contributed by atoms with Gasteiger partial charge in [0.15, 0.2) is 0 Å². The summed E-state index contributed by atoms with van der Waals surface area (Å²) in [5.74, 6) is 0.567. The maximum atomic E-state index is 2.45. The molecule has 0 spiro atoms. The number of hydrogen-bond acceptors (Lipinski definition) is 0. The second-order valence-corrected chi connectivity index (χ2v) is 20.7. The van der Waals surface area contributed by atoms with E-state index in [0.717, 1.165) is 0 Å². The fourth-order valence-corrected chi connectivity index (χ4v) is 10.9. The van der Waals surface area contributed by atoms with Crippen LogP contribution < -0.4 is 0 Å². The van der Waals surface area contributed by atoms with Crippen LogP contribution in [0.5, 0.6) is 0 Å². The first-order valence-electron chi connectivity index (χ1n) is 23.2. The van der Waals surface area contributed by atoms with Crippen LogP contribution in [0.1, 0.15) is 86.8 Å². The van der Waals surface area contributed by atoms with Crippen LogP contribution in [0, 0.1) is 0 Å². The zero-order valence-electron chi connectivity index (χ0n) is 39.2. The second kappa shape index (κ2) is 20.9. The molecule has 66 heavy (non-hydrogen) atoms. The van der Waals surface area contributed by atoms with E-state index in [2.05, 4.69) is 254 Å². The first-order chi connectivity index (χ1) is 32.0. The summed E-state index contributed by atoms with van der Waals surface area (Å²) >= 11 is 1.47. The smallest absolute Gasteiger partial charge is 0.172 e. The molecule has 0 bridgehead atoms. The molecule has 10 rings (SSSR count). The quantitative estimate of drug-likeness (QED) is 0.133. The van der Waals surface area contributed by atoms with Gasteiger partial charge in [-0.25, -0.2) is 12.1 Å². The molecule has 0 aliphatic rings. The third-order valence-electron chi connectivity index (χ3n) is 12.5. The first kappa shape index (κ1) is 46.3. The molecule has 0 radical (unpaired) electrons. The van der Waals surface area contributed by atoms with E-state index in [1.807, 2.05) is 30.3 Å². The first-order valence-corrected chi connectivity index (χ1v) is 24.5. The van der Waals surface area contributed by atoms with Crippen molar-refractivity contribution >= 4 is 24.8 Å². The van der Waals surface area contributed by atoms with Crippen LogP contribution in [0.2, 0.25) is 0 Å². The minimum absolute atomic E-state index is 0.0554. The van der Waals surface area contributed by atoms with Gasteiger partial charge in [-0.05, 0) is 44.2 Å². The van der Waals surface area contributed by atoms with Gasteiger partial charge >= 0.3 is 183 Å². The summed E-state index contributed by atoms with van der Waals surface area (Å²) in [6.07, 6.45) is 0. The molecule has 0 heterocycles. The zero-order chi connectivity index (χ0) is 46.1. The molecule has 0 N–H and O–H groups in total. The Morgan fingerprint density at radius 3 is 0.924 bits per heavy atom. The minimum atomic E-state index is 0.0554. The van der Waals surface area contributed by atoms with E-state index in [9.17, 15) is 0 Å². The summed E-state index contributed by atoms with van der Waals surface area (Å²) in [6, 6.07) is 87.4. The van der Waals surface area contributed by atoms with E-state index in [1.165, 1.54) is 105 Å². The molecule has 0 unspecified atom stereocenters. The molecular weight excluding hydrogens is 872 g/mol. The summed E-state index contributed by atoms with van der Waals surface area (Å²) in [6.45, 7) is 13.9. The summed E-state index contributed by atoms with van der Waals surface area (Å²) < 4.78 is 1.53. The fraction of sp³-hybridized carbons (Fsp3) is 0.154. The molecule has 0 fully saturated rings. The molecule has 0 aliphatic heterocycles. The second-order valence-electron chi connectivity index (χ2n) is 19.3. The van der Waals surface area contributed by atoms with Gasteiger partial charge in [-0.2, -0.15) is 18.2 Å². The molecular formula is C65H60Zr. The molecule has 10 aromatic rings. The number of benzene rings is 8. The third kappa shape index (κ3) is 10.9. The van der Waals surface area contributed by atoms with Crippen LogP contribution in [-0.4, -0.2) is 3.21 Å². The summed E-state index contributed by atoms with van der Waals surface area (Å²) in [5.41, 5.74) is 13.6. The Bertz CT molecular complexity index is 2760. The van der Waals surface area contributed by atoms with Gasteiger partial charge < -0.3 is 0 Å². The Kier molecular flexibility index (Phi) is 14.7. The van der Waals surface area contributed by atoms with Gasteiger partial charge in [-0.1, -0.05) is 114 Å². The largest absolute Gasteiger partial charge is 0.214 e. The Balaban J connectivity index is 0.000000164. The van der Waals surface area contributed by atoms with Crippen molar-refractivity contribution in [3.05, 3.63) is 276 Å². The number of rotatable bonds is 8. The summed E-state index contributed by atoms with van der Waals surface area (Å²) in [7, 11) is 0. The fourth-order valence-electron chi connectivity index (χ4n) is 9.23. The van der Waals surface area contributed by atoms with Crippen LogP contribution in [0.3, 0.4) is 0 Å². The molecule has 0 saturated carbocycles. The van der Waals surface area contributed by atoms with Crippen LogP contribution >= 0.6 is 0 Å². The molecule has 10 aromatic carbocycles. The van der Waals surface area contributed by atoms with E-state index >= 15 is 0 Å².